The number of aromatic amines is 1. The summed E-state index contributed by atoms with van der Waals surface area (Å²) >= 11 is 0.752. The van der Waals surface area contributed by atoms with Crippen molar-refractivity contribution < 1.29 is 27.8 Å². The van der Waals surface area contributed by atoms with Crippen LogP contribution < -0.4 is 9.47 Å². The first kappa shape index (κ1) is 26.4. The Morgan fingerprint density at radius 3 is 2.60 bits per heavy atom. The van der Waals surface area contributed by atoms with Gasteiger partial charge in [0, 0.05) is 22.4 Å². The van der Waals surface area contributed by atoms with Gasteiger partial charge in [-0.1, -0.05) is 25.6 Å². The number of thioether (sulfide) groups is 1. The molecule has 1 unspecified atom stereocenters. The first-order chi connectivity index (χ1) is 16.9. The standard InChI is InChI=1S/C24H27N3O4S.O2S/c1-4-16(5-2)31-21-10-18(30-17-7-6-14(3)25-12-17)8-15-9-20(27-23(15)21)24-26-13-19(32-24)11-22(28)29;1-3-2/h6-10,12,16,19,27H,4-5,11,13H2,1-3H3,(H,28,29);. The van der Waals surface area contributed by atoms with Gasteiger partial charge in [0.1, 0.15) is 22.3 Å². The maximum Gasteiger partial charge on any atom is 0.335 e. The molecule has 186 valence electrons. The van der Waals surface area contributed by atoms with E-state index in [0.29, 0.717) is 18.0 Å². The molecule has 35 heavy (non-hydrogen) atoms. The number of H-pyrrole nitrogens is 1. The van der Waals surface area contributed by atoms with Crippen LogP contribution in [0.25, 0.3) is 10.9 Å². The molecule has 2 N–H and O–H groups in total. The van der Waals surface area contributed by atoms with E-state index in [1.165, 1.54) is 11.8 Å². The van der Waals surface area contributed by atoms with Gasteiger partial charge in [0.25, 0.3) is 0 Å². The molecule has 0 radical (unpaired) electrons. The number of aryl methyl sites for hydroxylation is 1. The number of carboxylic acid groups (broad SMARTS) is 1. The second-order valence-corrected chi connectivity index (χ2v) is 9.34. The summed E-state index contributed by atoms with van der Waals surface area (Å²) in [5.41, 5.74) is 2.67. The van der Waals surface area contributed by atoms with Crippen LogP contribution in [-0.2, 0) is 16.4 Å². The zero-order valence-corrected chi connectivity index (χ0v) is 21.3. The van der Waals surface area contributed by atoms with Gasteiger partial charge in [-0.2, -0.15) is 8.42 Å². The smallest absolute Gasteiger partial charge is 0.335 e. The van der Waals surface area contributed by atoms with Crippen LogP contribution in [0.2, 0.25) is 0 Å². The minimum absolute atomic E-state index is 0.0397. The number of pyridine rings is 1. The van der Waals surface area contributed by atoms with E-state index < -0.39 is 17.5 Å². The lowest BCUT2D eigenvalue weighted by Gasteiger charge is -2.17. The number of hydrogen-bond acceptors (Lipinski definition) is 8. The lowest BCUT2D eigenvalue weighted by molar-refractivity contribution is -0.136. The summed E-state index contributed by atoms with van der Waals surface area (Å²) in [6.07, 6.45) is 3.70. The van der Waals surface area contributed by atoms with Crippen molar-refractivity contribution in [2.75, 3.05) is 6.54 Å². The number of nitrogens with one attached hydrogen (secondary N) is 1. The highest BCUT2D eigenvalue weighted by Gasteiger charge is 2.25. The number of aromatic nitrogens is 2. The summed E-state index contributed by atoms with van der Waals surface area (Å²) in [5, 5.41) is 10.8. The topological polar surface area (TPSA) is 131 Å². The second kappa shape index (κ2) is 12.5. The molecule has 0 amide bonds. The fraction of sp³-hybridized carbons (Fsp3) is 0.375. The number of carboxylic acids is 1. The van der Waals surface area contributed by atoms with Gasteiger partial charge in [0.05, 0.1) is 36.5 Å². The summed E-state index contributed by atoms with van der Waals surface area (Å²) < 4.78 is 29.0. The van der Waals surface area contributed by atoms with E-state index in [9.17, 15) is 4.79 Å². The average molecular weight is 518 g/mol. The SMILES string of the molecule is CCC(CC)Oc1cc(Oc2ccc(C)nc2)cc2cc(C3=NCC(CC(=O)O)S3)[nH]c12.O=S=O. The van der Waals surface area contributed by atoms with Gasteiger partial charge in [-0.25, -0.2) is 0 Å². The van der Waals surface area contributed by atoms with E-state index in [4.69, 9.17) is 23.0 Å². The number of benzene rings is 1. The largest absolute Gasteiger partial charge is 0.488 e. The van der Waals surface area contributed by atoms with Gasteiger partial charge < -0.3 is 19.6 Å². The van der Waals surface area contributed by atoms with E-state index in [1.807, 2.05) is 37.3 Å². The number of carbonyl (C=O) groups is 1. The molecule has 2 aromatic heterocycles. The van der Waals surface area contributed by atoms with Crippen molar-refractivity contribution in [1.29, 1.82) is 0 Å². The third-order valence-electron chi connectivity index (χ3n) is 5.34. The number of aliphatic imine (C=N–C) groups is 1. The van der Waals surface area contributed by atoms with Gasteiger partial charge >= 0.3 is 17.5 Å². The van der Waals surface area contributed by atoms with Crippen molar-refractivity contribution in [1.82, 2.24) is 9.97 Å². The Morgan fingerprint density at radius 1 is 1.23 bits per heavy atom. The fourth-order valence-corrected chi connectivity index (χ4v) is 4.68. The maximum atomic E-state index is 11.0. The zero-order chi connectivity index (χ0) is 25.4. The minimum Gasteiger partial charge on any atom is -0.488 e. The summed E-state index contributed by atoms with van der Waals surface area (Å²) in [6, 6.07) is 9.68. The molecular weight excluding hydrogens is 490 g/mol. The third-order valence-corrected chi connectivity index (χ3v) is 6.56. The van der Waals surface area contributed by atoms with Crippen LogP contribution in [0.3, 0.4) is 0 Å². The number of fused-ring (bicyclic) bond motifs is 1. The lowest BCUT2D eigenvalue weighted by atomic mass is 10.2. The highest BCUT2D eigenvalue weighted by molar-refractivity contribution is 8.15. The third kappa shape index (κ3) is 7.15. The zero-order valence-electron chi connectivity index (χ0n) is 19.6. The van der Waals surface area contributed by atoms with E-state index in [-0.39, 0.29) is 17.8 Å². The van der Waals surface area contributed by atoms with Crippen LogP contribution in [0.4, 0.5) is 0 Å². The number of aliphatic carboxylic acids is 1. The normalized spacial score (nSPS) is 14.9. The molecule has 9 nitrogen and oxygen atoms in total. The molecule has 3 heterocycles. The molecule has 1 aliphatic rings. The highest BCUT2D eigenvalue weighted by atomic mass is 32.2. The monoisotopic (exact) mass is 517 g/mol. The van der Waals surface area contributed by atoms with Crippen molar-refractivity contribution in [3.05, 3.63) is 47.9 Å². The number of hydrogen-bond donors (Lipinski definition) is 2. The molecule has 0 spiro atoms. The van der Waals surface area contributed by atoms with Crippen LogP contribution in [0.5, 0.6) is 17.2 Å². The Balaban J connectivity index is 0.00000108. The van der Waals surface area contributed by atoms with Crippen LogP contribution in [0.15, 0.2) is 41.5 Å². The predicted octanol–water partition coefficient (Wildman–Crippen LogP) is 4.90. The Labute approximate surface area is 211 Å². The van der Waals surface area contributed by atoms with Crippen molar-refractivity contribution in [2.45, 2.75) is 51.4 Å². The molecule has 0 fully saturated rings. The Bertz CT molecular complexity index is 1230. The van der Waals surface area contributed by atoms with E-state index in [2.05, 4.69) is 28.8 Å². The van der Waals surface area contributed by atoms with Crippen molar-refractivity contribution in [3.63, 3.8) is 0 Å². The average Bonchev–Trinajstić information content (AvgIpc) is 3.46. The Morgan fingerprint density at radius 2 is 1.97 bits per heavy atom. The molecule has 1 aliphatic heterocycles. The number of ether oxygens (including phenoxy) is 2. The Hall–Kier alpha value is -3.18. The highest BCUT2D eigenvalue weighted by Crippen LogP contribution is 2.37. The summed E-state index contributed by atoms with van der Waals surface area (Å²) in [6.45, 7) is 6.66. The quantitative estimate of drug-likeness (QED) is 0.410. The summed E-state index contributed by atoms with van der Waals surface area (Å²) in [4.78, 5) is 23.3. The lowest BCUT2D eigenvalue weighted by Crippen LogP contribution is -2.13. The summed E-state index contributed by atoms with van der Waals surface area (Å²) in [7, 11) is 0. The first-order valence-corrected chi connectivity index (χ1v) is 12.7. The molecule has 1 atom stereocenters. The van der Waals surface area contributed by atoms with Crippen LogP contribution in [0.1, 0.15) is 44.5 Å². The van der Waals surface area contributed by atoms with Gasteiger partial charge in [0.2, 0.25) is 0 Å². The van der Waals surface area contributed by atoms with Gasteiger partial charge in [-0.15, -0.1) is 0 Å². The molecule has 3 aromatic rings. The maximum absolute atomic E-state index is 11.0. The van der Waals surface area contributed by atoms with Gasteiger partial charge in [-0.05, 0) is 44.0 Å². The van der Waals surface area contributed by atoms with Crippen molar-refractivity contribution >= 4 is 45.2 Å². The minimum atomic E-state index is -0.802. The van der Waals surface area contributed by atoms with Crippen molar-refractivity contribution in [2.24, 2.45) is 4.99 Å². The molecule has 11 heteroatoms. The Kier molecular flexibility index (Phi) is 9.44. The first-order valence-electron chi connectivity index (χ1n) is 11.2. The molecule has 0 aliphatic carbocycles. The van der Waals surface area contributed by atoms with Crippen LogP contribution in [-0.4, -0.2) is 52.4 Å². The van der Waals surface area contributed by atoms with E-state index in [1.54, 1.807) is 6.20 Å². The van der Waals surface area contributed by atoms with Gasteiger partial charge in [0.15, 0.2) is 0 Å². The molecule has 0 bridgehead atoms. The number of nitrogens with zero attached hydrogens (tertiary/aromatic N) is 2. The predicted molar refractivity (Wildman–Crippen MR) is 136 cm³/mol. The van der Waals surface area contributed by atoms with Crippen molar-refractivity contribution in [3.8, 4) is 17.2 Å². The van der Waals surface area contributed by atoms with E-state index in [0.717, 1.165) is 45.9 Å². The molecule has 0 saturated heterocycles. The van der Waals surface area contributed by atoms with Crippen LogP contribution in [0, 0.1) is 6.92 Å². The van der Waals surface area contributed by atoms with E-state index >= 15 is 0 Å². The molecular formula is C24H27N3O6S2. The second-order valence-electron chi connectivity index (χ2n) is 7.91. The molecule has 0 saturated carbocycles. The summed E-state index contributed by atoms with van der Waals surface area (Å²) in [5.74, 6) is 1.25. The number of rotatable bonds is 9. The fourth-order valence-electron chi connectivity index (χ4n) is 3.60. The van der Waals surface area contributed by atoms with Gasteiger partial charge in [-0.3, -0.25) is 14.8 Å². The van der Waals surface area contributed by atoms with Crippen LogP contribution >= 0.6 is 11.8 Å². The molecule has 4 rings (SSSR count). The molecule has 1 aromatic carbocycles.